The first-order valence-corrected chi connectivity index (χ1v) is 6.99. The molecule has 0 saturated carbocycles. The first-order chi connectivity index (χ1) is 8.13. The standard InChI is InChI=1S/C13H20N2OS/c1-9-6-7-12(17-9)10(2)15-8-4-5-11(14-3)13(15)16/h6-7,10-11,14H,4-5,8H2,1-3H3. The third-order valence-corrected chi connectivity index (χ3v) is 4.63. The summed E-state index contributed by atoms with van der Waals surface area (Å²) in [5.41, 5.74) is 0. The fourth-order valence-electron chi connectivity index (χ4n) is 2.38. The Bertz CT molecular complexity index is 402. The molecule has 0 aliphatic carbocycles. The zero-order valence-corrected chi connectivity index (χ0v) is 11.5. The molecule has 1 aromatic rings. The number of carbonyl (C=O) groups excluding carboxylic acids is 1. The van der Waals surface area contributed by atoms with Gasteiger partial charge in [-0.25, -0.2) is 0 Å². The van der Waals surface area contributed by atoms with Crippen LogP contribution in [0, 0.1) is 6.92 Å². The van der Waals surface area contributed by atoms with E-state index in [0.29, 0.717) is 0 Å². The van der Waals surface area contributed by atoms with Crippen molar-refractivity contribution >= 4 is 17.2 Å². The lowest BCUT2D eigenvalue weighted by Gasteiger charge is -2.36. The molecule has 1 fully saturated rings. The molecule has 1 aliphatic rings. The van der Waals surface area contributed by atoms with Gasteiger partial charge < -0.3 is 10.2 Å². The summed E-state index contributed by atoms with van der Waals surface area (Å²) in [6, 6.07) is 4.48. The van der Waals surface area contributed by atoms with Gasteiger partial charge in [0.1, 0.15) is 0 Å². The maximum atomic E-state index is 12.2. The topological polar surface area (TPSA) is 32.3 Å². The third kappa shape index (κ3) is 2.53. The highest BCUT2D eigenvalue weighted by Gasteiger charge is 2.31. The number of hydrogen-bond donors (Lipinski definition) is 1. The summed E-state index contributed by atoms with van der Waals surface area (Å²) in [6.45, 7) is 5.12. The van der Waals surface area contributed by atoms with Gasteiger partial charge in [0, 0.05) is 16.3 Å². The van der Waals surface area contributed by atoms with Gasteiger partial charge in [0.15, 0.2) is 0 Å². The Morgan fingerprint density at radius 1 is 1.53 bits per heavy atom. The summed E-state index contributed by atoms with van der Waals surface area (Å²) in [4.78, 5) is 16.8. The minimum absolute atomic E-state index is 0.00672. The molecule has 1 aliphatic heterocycles. The number of rotatable bonds is 3. The van der Waals surface area contributed by atoms with Crippen LogP contribution in [0.25, 0.3) is 0 Å². The van der Waals surface area contributed by atoms with Crippen LogP contribution >= 0.6 is 11.3 Å². The van der Waals surface area contributed by atoms with E-state index < -0.39 is 0 Å². The molecule has 4 heteroatoms. The van der Waals surface area contributed by atoms with Gasteiger partial charge in [0.2, 0.25) is 5.91 Å². The van der Waals surface area contributed by atoms with Crippen LogP contribution in [0.1, 0.15) is 35.6 Å². The normalized spacial score (nSPS) is 22.9. The molecule has 2 rings (SSSR count). The van der Waals surface area contributed by atoms with E-state index in [1.807, 2.05) is 11.9 Å². The molecule has 1 aromatic heterocycles. The molecule has 17 heavy (non-hydrogen) atoms. The highest BCUT2D eigenvalue weighted by molar-refractivity contribution is 7.12. The summed E-state index contributed by atoms with van der Waals surface area (Å²) < 4.78 is 0. The summed E-state index contributed by atoms with van der Waals surface area (Å²) in [6.07, 6.45) is 2.05. The van der Waals surface area contributed by atoms with Crippen molar-refractivity contribution in [2.45, 2.75) is 38.8 Å². The number of amides is 1. The Kier molecular flexibility index (Phi) is 3.84. The molecule has 2 unspecified atom stereocenters. The van der Waals surface area contributed by atoms with Crippen LogP contribution in [0.15, 0.2) is 12.1 Å². The molecule has 1 saturated heterocycles. The van der Waals surface area contributed by atoms with Crippen LogP contribution in [0.5, 0.6) is 0 Å². The van der Waals surface area contributed by atoms with E-state index in [1.165, 1.54) is 9.75 Å². The van der Waals surface area contributed by atoms with Crippen molar-refractivity contribution in [3.05, 3.63) is 21.9 Å². The van der Waals surface area contributed by atoms with Crippen molar-refractivity contribution in [1.82, 2.24) is 10.2 Å². The average molecular weight is 252 g/mol. The van der Waals surface area contributed by atoms with E-state index in [0.717, 1.165) is 19.4 Å². The van der Waals surface area contributed by atoms with Crippen molar-refractivity contribution < 1.29 is 4.79 Å². The zero-order valence-electron chi connectivity index (χ0n) is 10.7. The van der Waals surface area contributed by atoms with E-state index in [-0.39, 0.29) is 18.0 Å². The number of piperidine rings is 1. The van der Waals surface area contributed by atoms with E-state index in [2.05, 4.69) is 31.3 Å². The van der Waals surface area contributed by atoms with Gasteiger partial charge in [-0.3, -0.25) is 4.79 Å². The summed E-state index contributed by atoms with van der Waals surface area (Å²) >= 11 is 1.79. The number of likely N-dealkylation sites (N-methyl/N-ethyl adjacent to an activating group) is 1. The van der Waals surface area contributed by atoms with Crippen molar-refractivity contribution in [1.29, 1.82) is 0 Å². The lowest BCUT2D eigenvalue weighted by molar-refractivity contribution is -0.138. The third-order valence-electron chi connectivity index (χ3n) is 3.46. The van der Waals surface area contributed by atoms with Crippen LogP contribution in [-0.2, 0) is 4.79 Å². The molecule has 1 N–H and O–H groups in total. The molecular formula is C13H20N2OS. The highest BCUT2D eigenvalue weighted by Crippen LogP contribution is 2.29. The fourth-order valence-corrected chi connectivity index (χ4v) is 3.33. The van der Waals surface area contributed by atoms with Crippen LogP contribution in [0.3, 0.4) is 0 Å². The first-order valence-electron chi connectivity index (χ1n) is 6.17. The summed E-state index contributed by atoms with van der Waals surface area (Å²) in [5.74, 6) is 0.248. The summed E-state index contributed by atoms with van der Waals surface area (Å²) in [7, 11) is 1.87. The number of nitrogens with zero attached hydrogens (tertiary/aromatic N) is 1. The van der Waals surface area contributed by atoms with Gasteiger partial charge in [-0.1, -0.05) is 0 Å². The van der Waals surface area contributed by atoms with Gasteiger partial charge in [0.05, 0.1) is 12.1 Å². The Balaban J connectivity index is 2.13. The molecule has 0 bridgehead atoms. The van der Waals surface area contributed by atoms with Gasteiger partial charge in [-0.15, -0.1) is 11.3 Å². The van der Waals surface area contributed by atoms with Crippen molar-refractivity contribution in [3.63, 3.8) is 0 Å². The Labute approximate surface area is 107 Å². The predicted molar refractivity (Wildman–Crippen MR) is 71.3 cm³/mol. The number of carbonyl (C=O) groups is 1. The minimum atomic E-state index is 0.00672. The number of likely N-dealkylation sites (tertiary alicyclic amines) is 1. The Morgan fingerprint density at radius 2 is 2.29 bits per heavy atom. The highest BCUT2D eigenvalue weighted by atomic mass is 32.1. The first kappa shape index (κ1) is 12.6. The molecular weight excluding hydrogens is 232 g/mol. The molecule has 1 amide bonds. The molecule has 0 aromatic carbocycles. The zero-order chi connectivity index (χ0) is 12.4. The van der Waals surface area contributed by atoms with Crippen LogP contribution < -0.4 is 5.32 Å². The molecule has 0 radical (unpaired) electrons. The van der Waals surface area contributed by atoms with E-state index in [4.69, 9.17) is 0 Å². The van der Waals surface area contributed by atoms with Crippen molar-refractivity contribution in [2.75, 3.05) is 13.6 Å². The lowest BCUT2D eigenvalue weighted by Crippen LogP contribution is -2.50. The molecule has 2 atom stereocenters. The van der Waals surface area contributed by atoms with Crippen LogP contribution in [0.4, 0.5) is 0 Å². The van der Waals surface area contributed by atoms with Crippen LogP contribution in [-0.4, -0.2) is 30.4 Å². The largest absolute Gasteiger partial charge is 0.334 e. The molecule has 2 heterocycles. The maximum Gasteiger partial charge on any atom is 0.240 e. The van der Waals surface area contributed by atoms with Crippen LogP contribution in [0.2, 0.25) is 0 Å². The van der Waals surface area contributed by atoms with E-state index >= 15 is 0 Å². The molecule has 0 spiro atoms. The van der Waals surface area contributed by atoms with Crippen molar-refractivity contribution in [2.24, 2.45) is 0 Å². The number of aryl methyl sites for hydroxylation is 1. The molecule has 94 valence electrons. The smallest absolute Gasteiger partial charge is 0.240 e. The number of nitrogens with one attached hydrogen (secondary N) is 1. The molecule has 3 nitrogen and oxygen atoms in total. The quantitative estimate of drug-likeness (QED) is 0.895. The SMILES string of the molecule is CNC1CCCN(C(C)c2ccc(C)s2)C1=O. The Morgan fingerprint density at radius 3 is 2.88 bits per heavy atom. The second-order valence-corrected chi connectivity index (χ2v) is 5.96. The average Bonchev–Trinajstić information content (AvgIpc) is 2.75. The summed E-state index contributed by atoms with van der Waals surface area (Å²) in [5, 5.41) is 3.11. The van der Waals surface area contributed by atoms with E-state index in [9.17, 15) is 4.79 Å². The van der Waals surface area contributed by atoms with Gasteiger partial charge >= 0.3 is 0 Å². The fraction of sp³-hybridized carbons (Fsp3) is 0.615. The number of hydrogen-bond acceptors (Lipinski definition) is 3. The number of thiophene rings is 1. The van der Waals surface area contributed by atoms with Gasteiger partial charge in [-0.2, -0.15) is 0 Å². The Hall–Kier alpha value is -0.870. The minimum Gasteiger partial charge on any atom is -0.334 e. The second-order valence-electron chi connectivity index (χ2n) is 4.64. The predicted octanol–water partition coefficient (Wildman–Crippen LogP) is 2.33. The lowest BCUT2D eigenvalue weighted by atomic mass is 10.0. The van der Waals surface area contributed by atoms with E-state index in [1.54, 1.807) is 11.3 Å². The van der Waals surface area contributed by atoms with Crippen molar-refractivity contribution in [3.8, 4) is 0 Å². The van der Waals surface area contributed by atoms with Gasteiger partial charge in [-0.05, 0) is 45.9 Å². The second kappa shape index (κ2) is 5.19. The maximum absolute atomic E-state index is 12.2. The monoisotopic (exact) mass is 252 g/mol. The van der Waals surface area contributed by atoms with Gasteiger partial charge in [0.25, 0.3) is 0 Å².